The van der Waals surface area contributed by atoms with Crippen molar-refractivity contribution in [2.24, 2.45) is 0 Å². The smallest absolute Gasteiger partial charge is 0.269 e. The molecular weight excluding hydrogens is 278 g/mol. The normalized spacial score (nSPS) is 15.1. The van der Waals surface area contributed by atoms with Gasteiger partial charge in [0.05, 0.1) is 5.69 Å². The van der Waals surface area contributed by atoms with Gasteiger partial charge in [0.15, 0.2) is 0 Å². The molecule has 3 rings (SSSR count). The number of nitrogens with one attached hydrogen (secondary N) is 2. The number of pyridine rings is 1. The summed E-state index contributed by atoms with van der Waals surface area (Å²) in [4.78, 5) is 18.5. The first-order valence-corrected chi connectivity index (χ1v) is 7.79. The monoisotopic (exact) mass is 299 g/mol. The van der Waals surface area contributed by atoms with Crippen molar-refractivity contribution >= 4 is 5.91 Å². The second-order valence-electron chi connectivity index (χ2n) is 5.56. The molecule has 0 bridgehead atoms. The molecule has 0 aromatic carbocycles. The Bertz CT molecular complexity index is 604. The number of likely N-dealkylation sites (tertiary alicyclic amines) is 1. The fourth-order valence-corrected chi connectivity index (χ4v) is 2.71. The summed E-state index contributed by atoms with van der Waals surface area (Å²) >= 11 is 0. The molecule has 1 aliphatic rings. The molecule has 6 heteroatoms. The molecule has 0 radical (unpaired) electrons. The van der Waals surface area contributed by atoms with Crippen LogP contribution in [0.3, 0.4) is 0 Å². The van der Waals surface area contributed by atoms with Crippen molar-refractivity contribution < 1.29 is 4.79 Å². The molecule has 6 nitrogen and oxygen atoms in total. The van der Waals surface area contributed by atoms with Crippen molar-refractivity contribution in [2.75, 3.05) is 26.2 Å². The zero-order valence-electron chi connectivity index (χ0n) is 12.6. The molecule has 2 aromatic heterocycles. The molecule has 0 unspecified atom stereocenters. The summed E-state index contributed by atoms with van der Waals surface area (Å²) in [5.74, 6) is -0.103. The molecule has 116 valence electrons. The van der Waals surface area contributed by atoms with Gasteiger partial charge in [-0.25, -0.2) is 0 Å². The standard InChI is InChI=1S/C16H21N5O/c22-16(18-6-3-11-21-9-1-2-10-21)15-12-14(19-20-15)13-4-7-17-8-5-13/h4-5,7-8,12H,1-3,6,9-11H2,(H,18,22)(H,19,20). The third kappa shape index (κ3) is 3.71. The van der Waals surface area contributed by atoms with E-state index in [4.69, 9.17) is 0 Å². The van der Waals surface area contributed by atoms with Crippen LogP contribution in [0.25, 0.3) is 11.3 Å². The topological polar surface area (TPSA) is 73.9 Å². The lowest BCUT2D eigenvalue weighted by Gasteiger charge is -2.13. The number of carbonyl (C=O) groups is 1. The molecular formula is C16H21N5O. The van der Waals surface area contributed by atoms with E-state index >= 15 is 0 Å². The van der Waals surface area contributed by atoms with Gasteiger partial charge in [0, 0.05) is 24.5 Å². The van der Waals surface area contributed by atoms with Crippen LogP contribution >= 0.6 is 0 Å². The molecule has 22 heavy (non-hydrogen) atoms. The Balaban J connectivity index is 1.47. The highest BCUT2D eigenvalue weighted by Gasteiger charge is 2.12. The fraction of sp³-hybridized carbons (Fsp3) is 0.438. The van der Waals surface area contributed by atoms with Crippen molar-refractivity contribution in [3.63, 3.8) is 0 Å². The number of hydrogen-bond acceptors (Lipinski definition) is 4. The van der Waals surface area contributed by atoms with E-state index in [0.29, 0.717) is 12.2 Å². The van der Waals surface area contributed by atoms with Crippen LogP contribution in [0.4, 0.5) is 0 Å². The lowest BCUT2D eigenvalue weighted by Crippen LogP contribution is -2.28. The quantitative estimate of drug-likeness (QED) is 0.796. The SMILES string of the molecule is O=C(NCCCN1CCCC1)c1cc(-c2ccncc2)n[nH]1. The molecule has 0 saturated carbocycles. The molecule has 2 aromatic rings. The number of aromatic amines is 1. The predicted molar refractivity (Wildman–Crippen MR) is 84.4 cm³/mol. The second kappa shape index (κ2) is 7.17. The van der Waals surface area contributed by atoms with Crippen LogP contribution in [0.1, 0.15) is 29.8 Å². The van der Waals surface area contributed by atoms with E-state index in [2.05, 4.69) is 25.4 Å². The second-order valence-corrected chi connectivity index (χ2v) is 5.56. The van der Waals surface area contributed by atoms with Gasteiger partial charge in [-0.05, 0) is 57.1 Å². The van der Waals surface area contributed by atoms with E-state index in [0.717, 1.165) is 24.2 Å². The molecule has 1 aliphatic heterocycles. The van der Waals surface area contributed by atoms with E-state index in [-0.39, 0.29) is 5.91 Å². The van der Waals surface area contributed by atoms with Crippen molar-refractivity contribution in [1.29, 1.82) is 0 Å². The highest BCUT2D eigenvalue weighted by Crippen LogP contribution is 2.16. The van der Waals surface area contributed by atoms with E-state index < -0.39 is 0 Å². The number of amides is 1. The largest absolute Gasteiger partial charge is 0.351 e. The summed E-state index contributed by atoms with van der Waals surface area (Å²) in [6, 6.07) is 5.51. The van der Waals surface area contributed by atoms with Crippen molar-refractivity contribution in [3.8, 4) is 11.3 Å². The third-order valence-electron chi connectivity index (χ3n) is 3.93. The van der Waals surface area contributed by atoms with Gasteiger partial charge >= 0.3 is 0 Å². The molecule has 1 fully saturated rings. The third-order valence-corrected chi connectivity index (χ3v) is 3.93. The van der Waals surface area contributed by atoms with E-state index in [1.165, 1.54) is 25.9 Å². The first-order valence-electron chi connectivity index (χ1n) is 7.79. The number of nitrogens with zero attached hydrogens (tertiary/aromatic N) is 3. The van der Waals surface area contributed by atoms with Crippen molar-refractivity contribution in [3.05, 3.63) is 36.3 Å². The van der Waals surface area contributed by atoms with E-state index in [1.807, 2.05) is 12.1 Å². The number of carbonyl (C=O) groups excluding carboxylic acids is 1. The Kier molecular flexibility index (Phi) is 4.80. The number of aromatic nitrogens is 3. The Morgan fingerprint density at radius 3 is 2.82 bits per heavy atom. The van der Waals surface area contributed by atoms with Crippen LogP contribution in [-0.4, -0.2) is 52.2 Å². The van der Waals surface area contributed by atoms with Crippen molar-refractivity contribution in [2.45, 2.75) is 19.3 Å². The highest BCUT2D eigenvalue weighted by atomic mass is 16.1. The fourth-order valence-electron chi connectivity index (χ4n) is 2.71. The highest BCUT2D eigenvalue weighted by molar-refractivity contribution is 5.93. The summed E-state index contributed by atoms with van der Waals surface area (Å²) in [5, 5.41) is 9.91. The van der Waals surface area contributed by atoms with Crippen LogP contribution < -0.4 is 5.32 Å². The Morgan fingerprint density at radius 2 is 2.05 bits per heavy atom. The summed E-state index contributed by atoms with van der Waals surface area (Å²) in [5.41, 5.74) is 2.19. The van der Waals surface area contributed by atoms with Gasteiger partial charge in [0.2, 0.25) is 0 Å². The van der Waals surface area contributed by atoms with Gasteiger partial charge in [-0.1, -0.05) is 0 Å². The zero-order chi connectivity index (χ0) is 15.2. The molecule has 0 spiro atoms. The maximum absolute atomic E-state index is 12.1. The van der Waals surface area contributed by atoms with Gasteiger partial charge < -0.3 is 10.2 Å². The average Bonchev–Trinajstić information content (AvgIpc) is 3.24. The minimum atomic E-state index is -0.103. The molecule has 3 heterocycles. The van der Waals surface area contributed by atoms with Crippen LogP contribution in [0.15, 0.2) is 30.6 Å². The van der Waals surface area contributed by atoms with Gasteiger partial charge in [-0.2, -0.15) is 5.10 Å². The lowest BCUT2D eigenvalue weighted by atomic mass is 10.2. The molecule has 1 saturated heterocycles. The summed E-state index contributed by atoms with van der Waals surface area (Å²) in [6.07, 6.45) is 7.01. The summed E-state index contributed by atoms with van der Waals surface area (Å²) in [6.45, 7) is 4.15. The Morgan fingerprint density at radius 1 is 1.27 bits per heavy atom. The average molecular weight is 299 g/mol. The summed E-state index contributed by atoms with van der Waals surface area (Å²) < 4.78 is 0. The molecule has 0 aliphatic carbocycles. The number of rotatable bonds is 6. The minimum Gasteiger partial charge on any atom is -0.351 e. The maximum atomic E-state index is 12.1. The minimum absolute atomic E-state index is 0.103. The van der Waals surface area contributed by atoms with Crippen LogP contribution in [0, 0.1) is 0 Å². The Hall–Kier alpha value is -2.21. The van der Waals surface area contributed by atoms with E-state index in [1.54, 1.807) is 18.5 Å². The zero-order valence-corrected chi connectivity index (χ0v) is 12.6. The summed E-state index contributed by atoms with van der Waals surface area (Å²) in [7, 11) is 0. The van der Waals surface area contributed by atoms with Gasteiger partial charge in [0.1, 0.15) is 5.69 Å². The Labute approximate surface area is 129 Å². The van der Waals surface area contributed by atoms with Crippen LogP contribution in [-0.2, 0) is 0 Å². The molecule has 0 atom stereocenters. The first-order chi connectivity index (χ1) is 10.8. The van der Waals surface area contributed by atoms with Gasteiger partial charge in [0.25, 0.3) is 5.91 Å². The van der Waals surface area contributed by atoms with Crippen molar-refractivity contribution in [1.82, 2.24) is 25.4 Å². The van der Waals surface area contributed by atoms with Crippen LogP contribution in [0.2, 0.25) is 0 Å². The van der Waals surface area contributed by atoms with E-state index in [9.17, 15) is 4.79 Å². The van der Waals surface area contributed by atoms with Crippen LogP contribution in [0.5, 0.6) is 0 Å². The molecule has 2 N–H and O–H groups in total. The maximum Gasteiger partial charge on any atom is 0.269 e. The number of H-pyrrole nitrogens is 1. The number of hydrogen-bond donors (Lipinski definition) is 2. The lowest BCUT2D eigenvalue weighted by molar-refractivity contribution is 0.0947. The van der Waals surface area contributed by atoms with Gasteiger partial charge in [-0.3, -0.25) is 14.9 Å². The molecule has 1 amide bonds. The van der Waals surface area contributed by atoms with Gasteiger partial charge in [-0.15, -0.1) is 0 Å². The first kappa shape index (κ1) is 14.7. The predicted octanol–water partition coefficient (Wildman–Crippen LogP) is 1.69.